The molecule has 5 radical (unpaired) electrons. The van der Waals surface area contributed by atoms with Crippen molar-refractivity contribution in [3.63, 3.8) is 0 Å². The third kappa shape index (κ3) is 8.20. The zero-order valence-corrected chi connectivity index (χ0v) is 38.3. The Hall–Kier alpha value is -1.99. The summed E-state index contributed by atoms with van der Waals surface area (Å²) in [6.45, 7) is 30.9. The zero-order valence-electron chi connectivity index (χ0n) is 38.3. The van der Waals surface area contributed by atoms with Gasteiger partial charge in [-0.05, 0) is 162 Å². The van der Waals surface area contributed by atoms with Gasteiger partial charge in [0.25, 0.3) is 0 Å². The van der Waals surface area contributed by atoms with E-state index in [1.807, 2.05) is 111 Å². The number of anilines is 2. The lowest BCUT2D eigenvalue weighted by Crippen LogP contribution is -2.72. The molecule has 58 heavy (non-hydrogen) atoms. The molecule has 16 heteroatoms. The second kappa shape index (κ2) is 14.0. The molecule has 1 aromatic heterocycles. The molecule has 6 rings (SSSR count). The van der Waals surface area contributed by atoms with E-state index in [0.29, 0.717) is 76.1 Å². The van der Waals surface area contributed by atoms with Gasteiger partial charge in [0.15, 0.2) is 0 Å². The molecule has 0 aromatic carbocycles. The van der Waals surface area contributed by atoms with Crippen LogP contribution in [-0.4, -0.2) is 114 Å². The first kappa shape index (κ1) is 45.5. The summed E-state index contributed by atoms with van der Waals surface area (Å²) in [5, 5.41) is 81.9. The minimum absolute atomic E-state index is 0.104. The van der Waals surface area contributed by atoms with Crippen LogP contribution in [0.25, 0.3) is 0 Å². The van der Waals surface area contributed by atoms with Crippen LogP contribution in [0.5, 0.6) is 6.01 Å². The van der Waals surface area contributed by atoms with Gasteiger partial charge in [0.05, 0.1) is 11.1 Å². The van der Waals surface area contributed by atoms with Gasteiger partial charge in [-0.3, -0.25) is 0 Å². The first-order chi connectivity index (χ1) is 26.1. The Bertz CT molecular complexity index is 1550. The topological polar surface area (TPSA) is 188 Å². The molecule has 6 heterocycles. The van der Waals surface area contributed by atoms with Crippen LogP contribution in [0, 0.1) is 0 Å². The van der Waals surface area contributed by atoms with Crippen molar-refractivity contribution in [3.05, 3.63) is 0 Å². The van der Waals surface area contributed by atoms with Crippen LogP contribution in [0.1, 0.15) is 175 Å². The van der Waals surface area contributed by atoms with Crippen molar-refractivity contribution >= 4 is 11.9 Å². The highest BCUT2D eigenvalue weighted by molar-refractivity contribution is 5.39. The summed E-state index contributed by atoms with van der Waals surface area (Å²) in [6, 6.07) is -0.243. The first-order valence-corrected chi connectivity index (χ1v) is 21.4. The maximum Gasteiger partial charge on any atom is 0.323 e. The van der Waals surface area contributed by atoms with Gasteiger partial charge in [-0.15, -0.1) is 51.4 Å². The average molecular weight is 814 g/mol. The Morgan fingerprint density at radius 2 is 0.724 bits per heavy atom. The average Bonchev–Trinajstić information content (AvgIpc) is 3.01. The number of aromatic nitrogens is 3. The Balaban J connectivity index is 1.35. The fourth-order valence-electron chi connectivity index (χ4n) is 13.3. The standard InChI is InChI=1S/C42H73N10O6/c1-33(2)17-27(18-34(3,4)48(33)53)43-30-45-31(44-28-19-35(5,6)51(56)41(20-28)23-37(9,10)49(54)38(11,12)24-41)47-32(46-30)58-29-21-36(7,8)52(57)42(22-29)25-39(13,14)50(55)40(15,16)26-42/h27-29H,17-26H2,1-16H3,(H2,43,44,45,46,47). The summed E-state index contributed by atoms with van der Waals surface area (Å²) in [7, 11) is 0. The van der Waals surface area contributed by atoms with E-state index < -0.39 is 61.5 Å². The molecule has 16 nitrogen and oxygen atoms in total. The van der Waals surface area contributed by atoms with Crippen molar-refractivity contribution < 1.29 is 30.8 Å². The molecule has 0 saturated carbocycles. The minimum Gasteiger partial charge on any atom is -0.460 e. The number of hydrogen-bond acceptors (Lipinski definition) is 11. The summed E-state index contributed by atoms with van der Waals surface area (Å²) in [4.78, 5) is 14.6. The van der Waals surface area contributed by atoms with E-state index in [4.69, 9.17) is 19.7 Å². The van der Waals surface area contributed by atoms with Crippen LogP contribution in [0.2, 0.25) is 0 Å². The molecule has 0 bridgehead atoms. The Labute approximate surface area is 347 Å². The van der Waals surface area contributed by atoms with Crippen molar-refractivity contribution in [1.29, 1.82) is 0 Å². The minimum atomic E-state index is -0.855. The Morgan fingerprint density at radius 3 is 1.12 bits per heavy atom. The van der Waals surface area contributed by atoms with Gasteiger partial charge in [0.2, 0.25) is 11.9 Å². The third-order valence-electron chi connectivity index (χ3n) is 14.1. The lowest BCUT2D eigenvalue weighted by atomic mass is 9.63. The fourth-order valence-corrected chi connectivity index (χ4v) is 13.3. The molecule has 0 amide bonds. The van der Waals surface area contributed by atoms with Crippen molar-refractivity contribution in [2.24, 2.45) is 0 Å². The molecule has 2 spiro atoms. The number of nitrogens with one attached hydrogen (secondary N) is 2. The number of piperidine rings is 5. The SMILES string of the molecule is CC1(C)CC(Nc2nc(NC3CC(C)(C)N([O])C4(C3)CC(C)(C)N([O])C(C)(C)C4)nc(OC3CC(C)(C)N([O])C4(C3)CC(C)(C)N([O])C(C)(C)C4)n2)CC(C)(C)N1[O]. The molecule has 1 aromatic rings. The molecule has 5 saturated heterocycles. The van der Waals surface area contributed by atoms with Gasteiger partial charge in [-0.2, -0.15) is 15.0 Å². The largest absolute Gasteiger partial charge is 0.460 e. The Kier molecular flexibility index (Phi) is 11.0. The summed E-state index contributed by atoms with van der Waals surface area (Å²) in [5.41, 5.74) is -7.53. The molecule has 5 aliphatic heterocycles. The molecule has 0 aliphatic carbocycles. The van der Waals surface area contributed by atoms with Crippen LogP contribution < -0.4 is 15.4 Å². The van der Waals surface area contributed by atoms with Gasteiger partial charge in [-0.25, -0.2) is 0 Å². The van der Waals surface area contributed by atoms with Crippen LogP contribution in [0.3, 0.4) is 0 Å². The predicted molar refractivity (Wildman–Crippen MR) is 216 cm³/mol. The highest BCUT2D eigenvalue weighted by atomic mass is 16.5. The van der Waals surface area contributed by atoms with Crippen LogP contribution >= 0.6 is 0 Å². The van der Waals surface area contributed by atoms with Gasteiger partial charge in [-0.1, -0.05) is 0 Å². The second-order valence-corrected chi connectivity index (χ2v) is 24.0. The van der Waals surface area contributed by atoms with Crippen LogP contribution in [0.15, 0.2) is 0 Å². The highest BCUT2D eigenvalue weighted by Gasteiger charge is 2.63. The molecule has 327 valence electrons. The van der Waals surface area contributed by atoms with Crippen molar-refractivity contribution in [3.8, 4) is 6.01 Å². The normalized spacial score (nSPS) is 32.8. The predicted octanol–water partition coefficient (Wildman–Crippen LogP) is 7.09. The smallest absolute Gasteiger partial charge is 0.323 e. The summed E-state index contributed by atoms with van der Waals surface area (Å²) < 4.78 is 6.77. The Morgan fingerprint density at radius 1 is 0.414 bits per heavy atom. The molecule has 5 fully saturated rings. The van der Waals surface area contributed by atoms with E-state index in [0.717, 1.165) is 10.1 Å². The molecule has 2 unspecified atom stereocenters. The number of hydrogen-bond donors (Lipinski definition) is 2. The van der Waals surface area contributed by atoms with Crippen LogP contribution in [-0.2, 0) is 26.0 Å². The van der Waals surface area contributed by atoms with E-state index >= 15 is 0 Å². The molecular formula is C42H73N10O6. The number of rotatable bonds is 6. The van der Waals surface area contributed by atoms with Gasteiger partial charge >= 0.3 is 6.01 Å². The lowest BCUT2D eigenvalue weighted by molar-refractivity contribution is -0.364. The summed E-state index contributed by atoms with van der Waals surface area (Å²) in [5.74, 6) is 0.595. The zero-order chi connectivity index (χ0) is 43.7. The van der Waals surface area contributed by atoms with Crippen LogP contribution in [0.4, 0.5) is 11.9 Å². The van der Waals surface area contributed by atoms with Gasteiger partial charge in [0.1, 0.15) is 6.10 Å². The van der Waals surface area contributed by atoms with E-state index in [9.17, 15) is 26.0 Å². The number of nitrogens with zero attached hydrogens (tertiary/aromatic N) is 8. The quantitative estimate of drug-likeness (QED) is 0.298. The fraction of sp³-hybridized carbons (Fsp3) is 0.929. The van der Waals surface area contributed by atoms with E-state index in [2.05, 4.69) is 10.6 Å². The molecule has 2 atom stereocenters. The van der Waals surface area contributed by atoms with E-state index in [-0.39, 0.29) is 18.1 Å². The third-order valence-corrected chi connectivity index (χ3v) is 14.1. The highest BCUT2D eigenvalue weighted by Crippen LogP contribution is 2.54. The molecular weight excluding hydrogens is 741 g/mol. The monoisotopic (exact) mass is 814 g/mol. The summed E-state index contributed by atoms with van der Waals surface area (Å²) in [6.07, 6.45) is 4.07. The number of ether oxygens (including phenoxy) is 1. The maximum atomic E-state index is 14.3. The lowest BCUT2D eigenvalue weighted by Gasteiger charge is -2.62. The first-order valence-electron chi connectivity index (χ1n) is 21.4. The molecule has 2 N–H and O–H groups in total. The number of hydroxylamine groups is 10. The van der Waals surface area contributed by atoms with Crippen molar-refractivity contribution in [2.75, 3.05) is 10.6 Å². The van der Waals surface area contributed by atoms with Gasteiger partial charge < -0.3 is 15.4 Å². The van der Waals surface area contributed by atoms with Gasteiger partial charge in [0, 0.05) is 69.2 Å². The van der Waals surface area contributed by atoms with Crippen molar-refractivity contribution in [2.45, 2.75) is 249 Å². The summed E-state index contributed by atoms with van der Waals surface area (Å²) >= 11 is 0. The second-order valence-electron chi connectivity index (χ2n) is 24.0. The molecule has 5 aliphatic rings. The van der Waals surface area contributed by atoms with E-state index in [1.54, 1.807) is 0 Å². The van der Waals surface area contributed by atoms with Crippen molar-refractivity contribution in [1.82, 2.24) is 40.3 Å². The van der Waals surface area contributed by atoms with E-state index in [1.165, 1.54) is 15.2 Å². The maximum absolute atomic E-state index is 14.3.